The lowest BCUT2D eigenvalue weighted by Crippen LogP contribution is -2.37. The fraction of sp³-hybridized carbons (Fsp3) is 1.00. The first-order chi connectivity index (χ1) is 16.7. The average Bonchev–Trinajstić information content (AvgIpc) is 2.79. The summed E-state index contributed by atoms with van der Waals surface area (Å²) in [7, 11) is 3.45. The van der Waals surface area contributed by atoms with E-state index in [1.165, 1.54) is 96.3 Å². The van der Waals surface area contributed by atoms with Crippen LogP contribution in [0.2, 0.25) is 0 Å². The molecule has 0 heterocycles. The van der Waals surface area contributed by atoms with Gasteiger partial charge in [0.2, 0.25) is 0 Å². The van der Waals surface area contributed by atoms with Gasteiger partial charge in [-0.05, 0) is 6.42 Å². The topological polar surface area (TPSA) is 74.2 Å². The number of methoxy groups -OCH3 is 1. The number of ether oxygens (including phenoxy) is 2. The maximum absolute atomic E-state index is 12.0. The van der Waals surface area contributed by atoms with E-state index in [1.54, 1.807) is 7.11 Å². The lowest BCUT2D eigenvalue weighted by molar-refractivity contribution is -0.870. The van der Waals surface area contributed by atoms with Gasteiger partial charge in [0.25, 0.3) is 0 Å². The number of phosphoric acid groups is 1. The van der Waals surface area contributed by atoms with Gasteiger partial charge >= 0.3 is 7.82 Å². The summed E-state index contributed by atoms with van der Waals surface area (Å²) >= 11 is 0. The molecule has 0 aliphatic rings. The van der Waals surface area contributed by atoms with Gasteiger partial charge in [-0.1, -0.05) is 103 Å². The number of nitrogens with zero attached hydrogens (tertiary/aromatic N) is 1. The van der Waals surface area contributed by atoms with Gasteiger partial charge in [0.15, 0.2) is 0 Å². The molecule has 8 heteroatoms. The van der Waals surface area contributed by atoms with E-state index in [0.717, 1.165) is 6.42 Å². The molecule has 0 aromatic heterocycles. The van der Waals surface area contributed by atoms with E-state index < -0.39 is 13.9 Å². The van der Waals surface area contributed by atoms with Gasteiger partial charge in [-0.2, -0.15) is 0 Å². The minimum atomic E-state index is -4.07. The largest absolute Gasteiger partial charge is 0.472 e. The molecule has 0 aliphatic heterocycles. The van der Waals surface area contributed by atoms with Crippen LogP contribution >= 0.6 is 7.82 Å². The van der Waals surface area contributed by atoms with Gasteiger partial charge in [0.1, 0.15) is 19.3 Å². The Morgan fingerprint density at radius 1 is 0.686 bits per heavy atom. The smallest absolute Gasteiger partial charge is 0.379 e. The predicted octanol–water partition coefficient (Wildman–Crippen LogP) is 7.12. The number of hydrogen-bond donors (Lipinski definition) is 1. The molecule has 7 nitrogen and oxygen atoms in total. The zero-order valence-electron chi connectivity index (χ0n) is 23.8. The van der Waals surface area contributed by atoms with Crippen molar-refractivity contribution in [3.8, 4) is 0 Å². The fourth-order valence-electron chi connectivity index (χ4n) is 3.80. The summed E-state index contributed by atoms with van der Waals surface area (Å²) in [4.78, 5) is 9.79. The average molecular weight is 525 g/mol. The standard InChI is InChI=1S/C27H58NO6P/c1-6-7-8-9-10-11-12-13-14-15-16-17-18-19-20-21-23-32-25-27(31-5)26-34-35(29,30)33-24-22-28(2,3)4/h27H,6-26H2,1-5H3/p+1. The molecule has 0 rings (SSSR count). The number of quaternary nitrogens is 1. The first-order valence-electron chi connectivity index (χ1n) is 14.2. The maximum atomic E-state index is 12.0. The molecule has 1 N–H and O–H groups in total. The molecule has 0 aliphatic carbocycles. The van der Waals surface area contributed by atoms with Crippen LogP contribution in [0, 0.1) is 0 Å². The SMILES string of the molecule is CCCCCCCCCCCCCCCCCCOCC(COP(=O)(O)OCC[N+](C)(C)C)OC. The van der Waals surface area contributed by atoms with Gasteiger partial charge in [-0.3, -0.25) is 9.05 Å². The number of phosphoric ester groups is 1. The summed E-state index contributed by atoms with van der Waals surface area (Å²) in [6.45, 7) is 4.03. The summed E-state index contributed by atoms with van der Waals surface area (Å²) in [5.74, 6) is 0. The zero-order valence-corrected chi connectivity index (χ0v) is 24.7. The van der Waals surface area contributed by atoms with Crippen molar-refractivity contribution in [2.45, 2.75) is 116 Å². The molecule has 35 heavy (non-hydrogen) atoms. The van der Waals surface area contributed by atoms with Crippen molar-refractivity contribution >= 4 is 7.82 Å². The van der Waals surface area contributed by atoms with E-state index in [-0.39, 0.29) is 13.2 Å². The Labute approximate surface area is 217 Å². The minimum absolute atomic E-state index is 0.0341. The van der Waals surface area contributed by atoms with Crippen molar-refractivity contribution in [2.24, 2.45) is 0 Å². The molecule has 212 valence electrons. The third-order valence-electron chi connectivity index (χ3n) is 6.22. The molecule has 0 aromatic carbocycles. The molecule has 2 atom stereocenters. The molecule has 0 saturated heterocycles. The van der Waals surface area contributed by atoms with Gasteiger partial charge in [0.05, 0.1) is 34.4 Å². The molecule has 0 amide bonds. The van der Waals surface area contributed by atoms with Crippen molar-refractivity contribution < 1.29 is 32.5 Å². The lowest BCUT2D eigenvalue weighted by atomic mass is 10.0. The fourth-order valence-corrected chi connectivity index (χ4v) is 4.54. The number of unbranched alkanes of at least 4 members (excludes halogenated alkanes) is 15. The second-order valence-corrected chi connectivity index (χ2v) is 12.3. The maximum Gasteiger partial charge on any atom is 0.472 e. The van der Waals surface area contributed by atoms with Gasteiger partial charge in [-0.15, -0.1) is 0 Å². The predicted molar refractivity (Wildman–Crippen MR) is 146 cm³/mol. The highest BCUT2D eigenvalue weighted by molar-refractivity contribution is 7.47. The van der Waals surface area contributed by atoms with Crippen LogP contribution in [0.15, 0.2) is 0 Å². The number of rotatable bonds is 27. The van der Waals surface area contributed by atoms with Crippen molar-refractivity contribution in [1.29, 1.82) is 0 Å². The summed E-state index contributed by atoms with van der Waals surface area (Å²) in [6, 6.07) is 0. The minimum Gasteiger partial charge on any atom is -0.379 e. The molecule has 2 unspecified atom stereocenters. The molecule has 0 radical (unpaired) electrons. The van der Waals surface area contributed by atoms with Crippen molar-refractivity contribution in [3.05, 3.63) is 0 Å². The van der Waals surface area contributed by atoms with E-state index in [4.69, 9.17) is 18.5 Å². The Hall–Kier alpha value is -0.0100. The Balaban J connectivity index is 3.49. The van der Waals surface area contributed by atoms with Crippen molar-refractivity contribution in [1.82, 2.24) is 0 Å². The zero-order chi connectivity index (χ0) is 26.3. The van der Waals surface area contributed by atoms with E-state index in [0.29, 0.717) is 24.2 Å². The summed E-state index contributed by atoms with van der Waals surface area (Å²) in [6.07, 6.45) is 21.2. The number of likely N-dealkylation sites (N-methyl/N-ethyl adjacent to an activating group) is 1. The van der Waals surface area contributed by atoms with Gasteiger partial charge < -0.3 is 18.9 Å². The van der Waals surface area contributed by atoms with Crippen LogP contribution in [-0.4, -0.2) is 76.7 Å². The van der Waals surface area contributed by atoms with Crippen LogP contribution in [0.4, 0.5) is 0 Å². The highest BCUT2D eigenvalue weighted by Crippen LogP contribution is 2.43. The number of hydrogen-bond acceptors (Lipinski definition) is 5. The van der Waals surface area contributed by atoms with Crippen LogP contribution in [0.3, 0.4) is 0 Å². The molecular weight excluding hydrogens is 465 g/mol. The monoisotopic (exact) mass is 524 g/mol. The van der Waals surface area contributed by atoms with Gasteiger partial charge in [-0.25, -0.2) is 4.57 Å². The molecule has 0 bridgehead atoms. The van der Waals surface area contributed by atoms with Crippen LogP contribution in [0.25, 0.3) is 0 Å². The van der Waals surface area contributed by atoms with Crippen LogP contribution in [0.5, 0.6) is 0 Å². The highest BCUT2D eigenvalue weighted by Gasteiger charge is 2.24. The quantitative estimate of drug-likeness (QED) is 0.0701. The van der Waals surface area contributed by atoms with E-state index in [2.05, 4.69) is 6.92 Å². The van der Waals surface area contributed by atoms with Crippen LogP contribution < -0.4 is 0 Å². The third-order valence-corrected chi connectivity index (χ3v) is 7.20. The lowest BCUT2D eigenvalue weighted by Gasteiger charge is -2.24. The van der Waals surface area contributed by atoms with Crippen LogP contribution in [0.1, 0.15) is 110 Å². The second-order valence-electron chi connectivity index (χ2n) is 10.8. The van der Waals surface area contributed by atoms with E-state index in [9.17, 15) is 9.46 Å². The summed E-state index contributed by atoms with van der Waals surface area (Å²) in [5, 5.41) is 0. The van der Waals surface area contributed by atoms with Crippen LogP contribution in [-0.2, 0) is 23.1 Å². The third kappa shape index (κ3) is 26.9. The van der Waals surface area contributed by atoms with Crippen molar-refractivity contribution in [2.75, 3.05) is 61.2 Å². The Morgan fingerprint density at radius 2 is 1.14 bits per heavy atom. The van der Waals surface area contributed by atoms with Crippen molar-refractivity contribution in [3.63, 3.8) is 0 Å². The molecule has 0 saturated carbocycles. The normalized spacial score (nSPS) is 14.8. The first kappa shape index (κ1) is 35.0. The Kier molecular flexibility index (Phi) is 23.1. The first-order valence-corrected chi connectivity index (χ1v) is 15.7. The highest BCUT2D eigenvalue weighted by atomic mass is 31.2. The molecule has 0 spiro atoms. The van der Waals surface area contributed by atoms with E-state index >= 15 is 0 Å². The Bertz CT molecular complexity index is 501. The molecule has 0 fully saturated rings. The van der Waals surface area contributed by atoms with Gasteiger partial charge in [0, 0.05) is 13.7 Å². The Morgan fingerprint density at radius 3 is 1.57 bits per heavy atom. The second kappa shape index (κ2) is 23.1. The summed E-state index contributed by atoms with van der Waals surface area (Å²) < 4.78 is 33.7. The van der Waals surface area contributed by atoms with E-state index in [1.807, 2.05) is 21.1 Å². The molecular formula is C27H59NO6P+. The molecule has 0 aromatic rings. The summed E-state index contributed by atoms with van der Waals surface area (Å²) in [5.41, 5.74) is 0.